The molecule has 0 atom stereocenters. The second-order valence-corrected chi connectivity index (χ2v) is 5.94. The van der Waals surface area contributed by atoms with E-state index in [-0.39, 0.29) is 0 Å². The second kappa shape index (κ2) is 5.54. The molecule has 1 aliphatic carbocycles. The fourth-order valence-electron chi connectivity index (χ4n) is 2.72. The van der Waals surface area contributed by atoms with Crippen LogP contribution in [0.3, 0.4) is 0 Å². The maximum atomic E-state index is 6.49. The van der Waals surface area contributed by atoms with Crippen molar-refractivity contribution in [1.82, 2.24) is 10.1 Å². The summed E-state index contributed by atoms with van der Waals surface area (Å²) in [5.74, 6) is 1.13. The molecule has 1 aromatic heterocycles. The van der Waals surface area contributed by atoms with Gasteiger partial charge in [0.05, 0.1) is 5.54 Å². The smallest absolute Gasteiger partial charge is 0.257 e. The van der Waals surface area contributed by atoms with Gasteiger partial charge in [-0.3, -0.25) is 0 Å². The molecule has 1 fully saturated rings. The van der Waals surface area contributed by atoms with Gasteiger partial charge < -0.3 is 10.3 Å². The third-order valence-corrected chi connectivity index (χ3v) is 4.21. The van der Waals surface area contributed by atoms with Crippen LogP contribution in [-0.4, -0.2) is 10.1 Å². The number of hydrogen-bond donors (Lipinski definition) is 1. The highest BCUT2D eigenvalue weighted by Gasteiger charge is 2.33. The van der Waals surface area contributed by atoms with Gasteiger partial charge in [-0.2, -0.15) is 4.98 Å². The summed E-state index contributed by atoms with van der Waals surface area (Å²) in [5.41, 5.74) is 6.92. The molecule has 0 saturated heterocycles. The van der Waals surface area contributed by atoms with Crippen LogP contribution in [-0.2, 0) is 5.54 Å². The highest BCUT2D eigenvalue weighted by molar-refractivity contribution is 6.30. The lowest BCUT2D eigenvalue weighted by Gasteiger charge is -2.23. The maximum Gasteiger partial charge on any atom is 0.257 e. The molecular formula is C15H18ClN3O. The second-order valence-electron chi connectivity index (χ2n) is 5.50. The molecule has 4 nitrogen and oxygen atoms in total. The molecule has 106 valence electrons. The third kappa shape index (κ3) is 2.72. The van der Waals surface area contributed by atoms with Crippen molar-refractivity contribution >= 4 is 11.6 Å². The summed E-state index contributed by atoms with van der Waals surface area (Å²) in [7, 11) is 0. The van der Waals surface area contributed by atoms with Crippen LogP contribution < -0.4 is 5.73 Å². The van der Waals surface area contributed by atoms with Gasteiger partial charge in [0.15, 0.2) is 5.82 Å². The SMILES string of the molecule is NC1(c2noc(-c3ccc(Cl)cc3)n2)CCCCCC1. The van der Waals surface area contributed by atoms with Gasteiger partial charge in [-0.15, -0.1) is 0 Å². The van der Waals surface area contributed by atoms with E-state index in [2.05, 4.69) is 10.1 Å². The molecule has 0 unspecified atom stereocenters. The largest absolute Gasteiger partial charge is 0.334 e. The van der Waals surface area contributed by atoms with Crippen molar-refractivity contribution in [2.24, 2.45) is 5.73 Å². The average molecular weight is 292 g/mol. The normalized spacial score (nSPS) is 18.7. The molecule has 2 aromatic rings. The lowest BCUT2D eigenvalue weighted by atomic mass is 9.91. The van der Waals surface area contributed by atoms with Crippen LogP contribution >= 0.6 is 11.6 Å². The molecule has 1 heterocycles. The zero-order chi connectivity index (χ0) is 14.0. The van der Waals surface area contributed by atoms with Crippen molar-refractivity contribution in [3.63, 3.8) is 0 Å². The number of hydrogen-bond acceptors (Lipinski definition) is 4. The molecule has 0 bridgehead atoms. The zero-order valence-corrected chi connectivity index (χ0v) is 12.1. The minimum absolute atomic E-state index is 0.440. The molecule has 0 spiro atoms. The summed E-state index contributed by atoms with van der Waals surface area (Å²) < 4.78 is 5.37. The molecule has 1 aliphatic rings. The van der Waals surface area contributed by atoms with E-state index >= 15 is 0 Å². The molecule has 1 aromatic carbocycles. The fourth-order valence-corrected chi connectivity index (χ4v) is 2.84. The van der Waals surface area contributed by atoms with Crippen molar-refractivity contribution in [2.45, 2.75) is 44.1 Å². The number of nitrogens with zero attached hydrogens (tertiary/aromatic N) is 2. The Hall–Kier alpha value is -1.39. The highest BCUT2D eigenvalue weighted by Crippen LogP contribution is 2.33. The van der Waals surface area contributed by atoms with Crippen molar-refractivity contribution in [3.05, 3.63) is 35.1 Å². The van der Waals surface area contributed by atoms with Gasteiger partial charge in [0, 0.05) is 10.6 Å². The summed E-state index contributed by atoms with van der Waals surface area (Å²) in [6.45, 7) is 0. The van der Waals surface area contributed by atoms with Crippen molar-refractivity contribution in [3.8, 4) is 11.5 Å². The van der Waals surface area contributed by atoms with Crippen LogP contribution in [0.1, 0.15) is 44.3 Å². The zero-order valence-electron chi connectivity index (χ0n) is 11.3. The first-order valence-corrected chi connectivity index (χ1v) is 7.44. The van der Waals surface area contributed by atoms with E-state index in [4.69, 9.17) is 21.9 Å². The van der Waals surface area contributed by atoms with E-state index in [1.54, 1.807) is 0 Å². The Kier molecular flexibility index (Phi) is 3.76. The summed E-state index contributed by atoms with van der Waals surface area (Å²) in [6.07, 6.45) is 6.57. The minimum Gasteiger partial charge on any atom is -0.334 e. The third-order valence-electron chi connectivity index (χ3n) is 3.96. The number of aromatic nitrogens is 2. The highest BCUT2D eigenvalue weighted by atomic mass is 35.5. The quantitative estimate of drug-likeness (QED) is 0.852. The predicted octanol–water partition coefficient (Wildman–Crippen LogP) is 3.90. The first-order valence-electron chi connectivity index (χ1n) is 7.06. The summed E-state index contributed by atoms with van der Waals surface area (Å²) in [5, 5.41) is 4.80. The number of benzene rings is 1. The van der Waals surface area contributed by atoms with Gasteiger partial charge in [0.2, 0.25) is 0 Å². The number of nitrogens with two attached hydrogens (primary N) is 1. The molecule has 0 aliphatic heterocycles. The van der Waals surface area contributed by atoms with Crippen LogP contribution in [0.25, 0.3) is 11.5 Å². The van der Waals surface area contributed by atoms with Gasteiger partial charge in [-0.25, -0.2) is 0 Å². The Morgan fingerprint density at radius 2 is 1.70 bits per heavy atom. The summed E-state index contributed by atoms with van der Waals surface area (Å²) >= 11 is 5.88. The van der Waals surface area contributed by atoms with Crippen LogP contribution in [0.4, 0.5) is 0 Å². The van der Waals surface area contributed by atoms with Crippen molar-refractivity contribution < 1.29 is 4.52 Å². The fraction of sp³-hybridized carbons (Fsp3) is 0.467. The van der Waals surface area contributed by atoms with E-state index in [0.717, 1.165) is 31.2 Å². The van der Waals surface area contributed by atoms with Gasteiger partial charge in [0.25, 0.3) is 5.89 Å². The number of rotatable bonds is 2. The predicted molar refractivity (Wildman–Crippen MR) is 78.3 cm³/mol. The first kappa shape index (κ1) is 13.6. The average Bonchev–Trinajstić information content (AvgIpc) is 2.84. The van der Waals surface area contributed by atoms with Crippen LogP contribution in [0.2, 0.25) is 5.02 Å². The van der Waals surface area contributed by atoms with Gasteiger partial charge in [0.1, 0.15) is 0 Å². The van der Waals surface area contributed by atoms with Gasteiger partial charge in [-0.1, -0.05) is 42.4 Å². The Bertz CT molecular complexity index is 571. The molecule has 0 radical (unpaired) electrons. The van der Waals surface area contributed by atoms with E-state index in [9.17, 15) is 0 Å². The van der Waals surface area contributed by atoms with Gasteiger partial charge in [-0.05, 0) is 37.1 Å². The monoisotopic (exact) mass is 291 g/mol. The Balaban J connectivity index is 1.87. The molecule has 5 heteroatoms. The summed E-state index contributed by atoms with van der Waals surface area (Å²) in [4.78, 5) is 4.50. The van der Waals surface area contributed by atoms with E-state index in [1.165, 1.54) is 12.8 Å². The Morgan fingerprint density at radius 1 is 1.05 bits per heavy atom. The topological polar surface area (TPSA) is 64.9 Å². The van der Waals surface area contributed by atoms with Crippen molar-refractivity contribution in [2.75, 3.05) is 0 Å². The Morgan fingerprint density at radius 3 is 2.35 bits per heavy atom. The molecule has 1 saturated carbocycles. The maximum absolute atomic E-state index is 6.49. The van der Waals surface area contributed by atoms with E-state index in [0.29, 0.717) is 16.7 Å². The van der Waals surface area contributed by atoms with Crippen LogP contribution in [0.5, 0.6) is 0 Å². The number of halogens is 1. The Labute approximate surface area is 123 Å². The van der Waals surface area contributed by atoms with Gasteiger partial charge >= 0.3 is 0 Å². The van der Waals surface area contributed by atoms with Crippen LogP contribution in [0, 0.1) is 0 Å². The first-order chi connectivity index (χ1) is 9.67. The molecule has 20 heavy (non-hydrogen) atoms. The van der Waals surface area contributed by atoms with Crippen LogP contribution in [0.15, 0.2) is 28.8 Å². The van der Waals surface area contributed by atoms with E-state index in [1.807, 2.05) is 24.3 Å². The molecule has 0 amide bonds. The summed E-state index contributed by atoms with van der Waals surface area (Å²) in [6, 6.07) is 7.36. The van der Waals surface area contributed by atoms with E-state index < -0.39 is 5.54 Å². The lowest BCUT2D eigenvalue weighted by Crippen LogP contribution is -2.37. The molecule has 3 rings (SSSR count). The standard InChI is InChI=1S/C15H18ClN3O/c16-12-7-5-11(6-8-12)13-18-14(19-20-13)15(17)9-3-1-2-4-10-15/h5-8H,1-4,9-10,17H2. The molecular weight excluding hydrogens is 274 g/mol. The minimum atomic E-state index is -0.440. The lowest BCUT2D eigenvalue weighted by molar-refractivity contribution is 0.334. The van der Waals surface area contributed by atoms with Crippen molar-refractivity contribution in [1.29, 1.82) is 0 Å². The molecule has 2 N–H and O–H groups in total.